The number of hydrogen-bond acceptors (Lipinski definition) is 9. The summed E-state index contributed by atoms with van der Waals surface area (Å²) in [6, 6.07) is 2.79. The summed E-state index contributed by atoms with van der Waals surface area (Å²) in [4.78, 5) is 20.2. The van der Waals surface area contributed by atoms with Crippen LogP contribution in [0, 0.1) is 0 Å². The minimum absolute atomic E-state index is 0.0643. The highest BCUT2D eigenvalue weighted by Crippen LogP contribution is 2.42. The summed E-state index contributed by atoms with van der Waals surface area (Å²) in [5.41, 5.74) is 9.40. The van der Waals surface area contributed by atoms with Crippen molar-refractivity contribution in [2.75, 3.05) is 11.5 Å². The first-order valence-corrected chi connectivity index (χ1v) is 12.0. The summed E-state index contributed by atoms with van der Waals surface area (Å²) in [6.45, 7) is 1.97. The maximum atomic E-state index is 14.9. The van der Waals surface area contributed by atoms with E-state index in [4.69, 9.17) is 32.0 Å². The van der Waals surface area contributed by atoms with Gasteiger partial charge < -0.3 is 20.5 Å². The molecule has 0 saturated carbocycles. The number of nitrogens with one attached hydrogen (secondary N) is 1. The Labute approximate surface area is 204 Å². The average molecular weight is 499 g/mol. The summed E-state index contributed by atoms with van der Waals surface area (Å²) >= 11 is 6.74. The molecule has 12 heteroatoms. The number of ether oxygens (including phenoxy) is 1. The summed E-state index contributed by atoms with van der Waals surface area (Å²) < 4.78 is 20.4. The molecule has 0 amide bonds. The average Bonchev–Trinajstić information content (AvgIpc) is 3.43. The van der Waals surface area contributed by atoms with E-state index in [1.807, 2.05) is 11.8 Å². The number of nitrogens with two attached hydrogens (primary N) is 1. The second kappa shape index (κ2) is 8.51. The van der Waals surface area contributed by atoms with Crippen LogP contribution in [0.5, 0.6) is 5.88 Å². The molecule has 2 fully saturated rings. The number of aliphatic hydroxyl groups is 1. The minimum Gasteiger partial charge on any atom is -0.477 e. The molecule has 2 aliphatic rings. The van der Waals surface area contributed by atoms with Gasteiger partial charge in [0.2, 0.25) is 5.88 Å². The van der Waals surface area contributed by atoms with Crippen molar-refractivity contribution in [3.8, 4) is 17.1 Å². The third-order valence-corrected chi connectivity index (χ3v) is 7.27. The van der Waals surface area contributed by atoms with Crippen molar-refractivity contribution < 1.29 is 14.2 Å². The molecular formula is C23H24ClFN8O2. The number of piperidine rings is 1. The highest BCUT2D eigenvalue weighted by molar-refractivity contribution is 6.38. The van der Waals surface area contributed by atoms with Gasteiger partial charge in [-0.25, -0.2) is 24.3 Å². The number of anilines is 1. The molecule has 4 aromatic rings. The Morgan fingerprint density at radius 1 is 1.26 bits per heavy atom. The molecule has 2 aliphatic heterocycles. The zero-order valence-corrected chi connectivity index (χ0v) is 19.7. The molecule has 35 heavy (non-hydrogen) atoms. The number of halogens is 2. The van der Waals surface area contributed by atoms with Gasteiger partial charge in [-0.2, -0.15) is 5.10 Å². The van der Waals surface area contributed by atoms with Crippen molar-refractivity contribution in [3.63, 3.8) is 0 Å². The number of aliphatic hydroxyl groups excluding tert-OH is 1. The molecule has 2 saturated heterocycles. The van der Waals surface area contributed by atoms with Crippen LogP contribution in [-0.4, -0.2) is 66.1 Å². The Hall–Kier alpha value is -3.15. The summed E-state index contributed by atoms with van der Waals surface area (Å²) in [6.07, 6.45) is 2.45. The Balaban J connectivity index is 1.46. The lowest BCUT2D eigenvalue weighted by Crippen LogP contribution is -2.56. The van der Waals surface area contributed by atoms with Crippen LogP contribution in [0.15, 0.2) is 18.3 Å². The normalized spacial score (nSPS) is 24.0. The fourth-order valence-corrected chi connectivity index (χ4v) is 5.60. The van der Waals surface area contributed by atoms with Crippen LogP contribution in [0.2, 0.25) is 5.02 Å². The molecule has 2 bridgehead atoms. The predicted octanol–water partition coefficient (Wildman–Crippen LogP) is 2.91. The van der Waals surface area contributed by atoms with Crippen molar-refractivity contribution in [2.24, 2.45) is 5.73 Å². The van der Waals surface area contributed by atoms with E-state index in [1.165, 1.54) is 0 Å². The van der Waals surface area contributed by atoms with Crippen LogP contribution < -0.4 is 15.4 Å². The second-order valence-corrected chi connectivity index (χ2v) is 9.29. The van der Waals surface area contributed by atoms with Gasteiger partial charge in [-0.15, -0.1) is 0 Å². The van der Waals surface area contributed by atoms with E-state index in [2.05, 4.69) is 20.2 Å². The van der Waals surface area contributed by atoms with Crippen LogP contribution >= 0.6 is 11.6 Å². The SMILES string of the molecule is CCOc1cnc2ccc(-c3n[nH]c4nc(N5[C@H]6CC[C@@H]5[C@@H](F)[C@@H](N)C6)c(CO)nc34)c(Cl)c2n1. The molecule has 182 valence electrons. The number of aromatic nitrogens is 6. The molecule has 0 aliphatic carbocycles. The van der Waals surface area contributed by atoms with Gasteiger partial charge in [0.1, 0.15) is 28.6 Å². The van der Waals surface area contributed by atoms with Crippen molar-refractivity contribution in [1.29, 1.82) is 0 Å². The van der Waals surface area contributed by atoms with E-state index in [0.29, 0.717) is 75.3 Å². The van der Waals surface area contributed by atoms with E-state index in [-0.39, 0.29) is 18.7 Å². The first kappa shape index (κ1) is 22.3. The molecular weight excluding hydrogens is 475 g/mol. The van der Waals surface area contributed by atoms with E-state index in [1.54, 1.807) is 18.3 Å². The topological polar surface area (TPSA) is 139 Å². The number of H-pyrrole nitrogens is 1. The van der Waals surface area contributed by atoms with Crippen molar-refractivity contribution in [1.82, 2.24) is 30.1 Å². The van der Waals surface area contributed by atoms with Gasteiger partial charge in [-0.05, 0) is 38.3 Å². The van der Waals surface area contributed by atoms with Crippen LogP contribution in [-0.2, 0) is 6.61 Å². The number of alkyl halides is 1. The molecule has 0 unspecified atom stereocenters. The zero-order valence-electron chi connectivity index (χ0n) is 18.9. The van der Waals surface area contributed by atoms with E-state index in [0.717, 1.165) is 6.42 Å². The first-order chi connectivity index (χ1) is 17.0. The maximum Gasteiger partial charge on any atom is 0.232 e. The van der Waals surface area contributed by atoms with Crippen LogP contribution in [0.4, 0.5) is 10.2 Å². The summed E-state index contributed by atoms with van der Waals surface area (Å²) in [7, 11) is 0. The third-order valence-electron chi connectivity index (χ3n) is 6.88. The maximum absolute atomic E-state index is 14.9. The van der Waals surface area contributed by atoms with Gasteiger partial charge in [0.15, 0.2) is 11.5 Å². The number of hydrogen-bond donors (Lipinski definition) is 3. The Kier molecular flexibility index (Phi) is 5.42. The molecule has 3 aromatic heterocycles. The lowest BCUT2D eigenvalue weighted by molar-refractivity contribution is 0.202. The molecule has 6 rings (SSSR count). The number of nitrogens with zero attached hydrogens (tertiary/aromatic N) is 6. The zero-order chi connectivity index (χ0) is 24.3. The number of aromatic amines is 1. The molecule has 4 atom stereocenters. The predicted molar refractivity (Wildman–Crippen MR) is 129 cm³/mol. The minimum atomic E-state index is -1.16. The smallest absolute Gasteiger partial charge is 0.232 e. The van der Waals surface area contributed by atoms with Gasteiger partial charge in [0.25, 0.3) is 0 Å². The highest BCUT2D eigenvalue weighted by atomic mass is 35.5. The van der Waals surface area contributed by atoms with Gasteiger partial charge in [-0.1, -0.05) is 11.6 Å². The summed E-state index contributed by atoms with van der Waals surface area (Å²) in [5.74, 6) is 0.842. The van der Waals surface area contributed by atoms with Gasteiger partial charge in [-0.3, -0.25) is 5.10 Å². The highest BCUT2D eigenvalue weighted by Gasteiger charge is 2.48. The molecule has 0 spiro atoms. The fraction of sp³-hybridized carbons (Fsp3) is 0.435. The van der Waals surface area contributed by atoms with Crippen molar-refractivity contribution in [2.45, 2.75) is 57.1 Å². The van der Waals surface area contributed by atoms with Gasteiger partial charge in [0.05, 0.1) is 36.0 Å². The summed E-state index contributed by atoms with van der Waals surface area (Å²) in [5, 5.41) is 17.9. The van der Waals surface area contributed by atoms with Gasteiger partial charge in [0, 0.05) is 17.6 Å². The largest absolute Gasteiger partial charge is 0.477 e. The van der Waals surface area contributed by atoms with Crippen LogP contribution in [0.1, 0.15) is 31.9 Å². The lowest BCUT2D eigenvalue weighted by Gasteiger charge is -2.41. The van der Waals surface area contributed by atoms with Crippen LogP contribution in [0.3, 0.4) is 0 Å². The van der Waals surface area contributed by atoms with Gasteiger partial charge >= 0.3 is 0 Å². The van der Waals surface area contributed by atoms with E-state index in [9.17, 15) is 9.50 Å². The third kappa shape index (κ3) is 3.48. The Morgan fingerprint density at radius 2 is 2.11 bits per heavy atom. The fourth-order valence-electron chi connectivity index (χ4n) is 5.31. The number of benzene rings is 1. The van der Waals surface area contributed by atoms with Crippen LogP contribution in [0.25, 0.3) is 33.5 Å². The Morgan fingerprint density at radius 3 is 2.91 bits per heavy atom. The molecule has 0 radical (unpaired) electrons. The standard InChI is InChI=1S/C23H24ClFN8O2/c1-2-35-16-8-27-13-5-4-11(17(24)20(13)29-16)19-21-22(32-31-19)30-23(14(9-34)28-21)33-10-3-6-15(33)18(25)12(26)7-10/h4-5,8,10,12,15,18,34H,2-3,6-7,9,26H2,1H3,(H,30,31,32)/t10-,12-,15+,18-/m0/s1. The van der Waals surface area contributed by atoms with E-state index < -0.39 is 12.2 Å². The lowest BCUT2D eigenvalue weighted by atomic mass is 9.96. The van der Waals surface area contributed by atoms with E-state index >= 15 is 0 Å². The monoisotopic (exact) mass is 498 g/mol. The van der Waals surface area contributed by atoms with Crippen molar-refractivity contribution in [3.05, 3.63) is 29.0 Å². The van der Waals surface area contributed by atoms with Crippen molar-refractivity contribution >= 4 is 39.6 Å². The number of rotatable bonds is 5. The number of fused-ring (bicyclic) bond motifs is 4. The Bertz CT molecular complexity index is 1430. The molecule has 10 nitrogen and oxygen atoms in total. The molecule has 5 heterocycles. The molecule has 1 aromatic carbocycles. The first-order valence-electron chi connectivity index (χ1n) is 11.6. The molecule has 4 N–H and O–H groups in total. The second-order valence-electron chi connectivity index (χ2n) is 8.91. The quantitative estimate of drug-likeness (QED) is 0.379.